The standard InChI is InChI=1S/C11H18ClNO2S2/c1-3-4-5-7-13(2)17(14,15)11-6-8-16-10(11)9-12/h6,8H,3-5,7,9H2,1-2H3. The van der Waals surface area contributed by atoms with E-state index in [4.69, 9.17) is 11.6 Å². The van der Waals surface area contributed by atoms with Gasteiger partial charge in [-0.3, -0.25) is 0 Å². The van der Waals surface area contributed by atoms with E-state index in [-0.39, 0.29) is 5.88 Å². The molecule has 0 saturated carbocycles. The molecule has 0 N–H and O–H groups in total. The maximum atomic E-state index is 12.2. The molecule has 0 saturated heterocycles. The third-order valence-electron chi connectivity index (χ3n) is 2.59. The van der Waals surface area contributed by atoms with Crippen molar-refractivity contribution in [1.29, 1.82) is 0 Å². The topological polar surface area (TPSA) is 37.4 Å². The van der Waals surface area contributed by atoms with Crippen molar-refractivity contribution >= 4 is 33.0 Å². The van der Waals surface area contributed by atoms with E-state index >= 15 is 0 Å². The molecular weight excluding hydrogens is 278 g/mol. The number of nitrogens with zero attached hydrogens (tertiary/aromatic N) is 1. The summed E-state index contributed by atoms with van der Waals surface area (Å²) in [6.45, 7) is 2.66. The number of unbranched alkanes of at least 4 members (excludes halogenated alkanes) is 2. The number of rotatable bonds is 7. The van der Waals surface area contributed by atoms with Crippen LogP contribution in [0.2, 0.25) is 0 Å². The minimum Gasteiger partial charge on any atom is -0.207 e. The summed E-state index contributed by atoms with van der Waals surface area (Å²) in [5.74, 6) is 0.245. The van der Waals surface area contributed by atoms with Gasteiger partial charge in [0.05, 0.1) is 10.8 Å². The normalized spacial score (nSPS) is 12.2. The van der Waals surface area contributed by atoms with Crippen molar-refractivity contribution in [2.24, 2.45) is 0 Å². The van der Waals surface area contributed by atoms with E-state index in [0.717, 1.165) is 19.3 Å². The molecule has 1 aromatic rings. The van der Waals surface area contributed by atoms with Gasteiger partial charge in [-0.1, -0.05) is 19.8 Å². The summed E-state index contributed by atoms with van der Waals surface area (Å²) in [5, 5.41) is 1.77. The highest BCUT2D eigenvalue weighted by atomic mass is 35.5. The van der Waals surface area contributed by atoms with E-state index in [1.165, 1.54) is 15.6 Å². The Morgan fingerprint density at radius 2 is 2.12 bits per heavy atom. The number of thiophene rings is 1. The average Bonchev–Trinajstić information content (AvgIpc) is 2.77. The highest BCUT2D eigenvalue weighted by Gasteiger charge is 2.23. The highest BCUT2D eigenvalue weighted by Crippen LogP contribution is 2.26. The maximum Gasteiger partial charge on any atom is 0.243 e. The third-order valence-corrected chi connectivity index (χ3v) is 6.01. The van der Waals surface area contributed by atoms with Crippen molar-refractivity contribution in [2.75, 3.05) is 13.6 Å². The molecule has 3 nitrogen and oxygen atoms in total. The van der Waals surface area contributed by atoms with Crippen LogP contribution >= 0.6 is 22.9 Å². The molecule has 1 rings (SSSR count). The molecule has 0 aliphatic carbocycles. The van der Waals surface area contributed by atoms with Gasteiger partial charge in [-0.15, -0.1) is 22.9 Å². The molecule has 17 heavy (non-hydrogen) atoms. The van der Waals surface area contributed by atoms with E-state index in [2.05, 4.69) is 6.92 Å². The molecular formula is C11H18ClNO2S2. The zero-order chi connectivity index (χ0) is 12.9. The van der Waals surface area contributed by atoms with Crippen molar-refractivity contribution in [3.8, 4) is 0 Å². The monoisotopic (exact) mass is 295 g/mol. The summed E-state index contributed by atoms with van der Waals surface area (Å²) in [7, 11) is -1.73. The second-order valence-electron chi connectivity index (χ2n) is 3.88. The van der Waals surface area contributed by atoms with Gasteiger partial charge in [0.25, 0.3) is 0 Å². The van der Waals surface area contributed by atoms with Crippen LogP contribution in [-0.2, 0) is 15.9 Å². The van der Waals surface area contributed by atoms with Crippen LogP contribution in [-0.4, -0.2) is 26.3 Å². The lowest BCUT2D eigenvalue weighted by Gasteiger charge is -2.16. The minimum absolute atomic E-state index is 0.245. The Balaban J connectivity index is 2.80. The molecule has 0 fully saturated rings. The Kier molecular flexibility index (Phi) is 5.92. The van der Waals surface area contributed by atoms with E-state index < -0.39 is 10.0 Å². The first-order chi connectivity index (χ1) is 8.04. The van der Waals surface area contributed by atoms with Crippen LogP contribution in [0, 0.1) is 0 Å². The fraction of sp³-hybridized carbons (Fsp3) is 0.636. The largest absolute Gasteiger partial charge is 0.243 e. The fourth-order valence-electron chi connectivity index (χ4n) is 1.53. The second-order valence-corrected chi connectivity index (χ2v) is 7.16. The lowest BCUT2D eigenvalue weighted by atomic mass is 10.2. The van der Waals surface area contributed by atoms with Crippen molar-refractivity contribution in [2.45, 2.75) is 37.0 Å². The van der Waals surface area contributed by atoms with Crippen LogP contribution in [0.15, 0.2) is 16.3 Å². The molecule has 6 heteroatoms. The van der Waals surface area contributed by atoms with Crippen LogP contribution in [0.25, 0.3) is 0 Å². The van der Waals surface area contributed by atoms with Crippen molar-refractivity contribution in [3.05, 3.63) is 16.3 Å². The number of hydrogen-bond acceptors (Lipinski definition) is 3. The van der Waals surface area contributed by atoms with Gasteiger partial charge in [0, 0.05) is 18.5 Å². The molecule has 0 unspecified atom stereocenters. The van der Waals surface area contributed by atoms with Crippen LogP contribution in [0.4, 0.5) is 0 Å². The summed E-state index contributed by atoms with van der Waals surface area (Å²) in [4.78, 5) is 1.07. The number of hydrogen-bond donors (Lipinski definition) is 0. The van der Waals surface area contributed by atoms with Gasteiger partial charge in [0.2, 0.25) is 10.0 Å². The second kappa shape index (κ2) is 6.73. The lowest BCUT2D eigenvalue weighted by molar-refractivity contribution is 0.454. The van der Waals surface area contributed by atoms with E-state index in [1.807, 2.05) is 0 Å². The van der Waals surface area contributed by atoms with Crippen LogP contribution in [0.3, 0.4) is 0 Å². The minimum atomic E-state index is -3.36. The molecule has 0 aliphatic heterocycles. The quantitative estimate of drug-likeness (QED) is 0.572. The van der Waals surface area contributed by atoms with Gasteiger partial charge in [-0.25, -0.2) is 12.7 Å². The Bertz CT molecular complexity index is 442. The van der Waals surface area contributed by atoms with E-state index in [1.54, 1.807) is 18.5 Å². The molecule has 0 amide bonds. The maximum absolute atomic E-state index is 12.2. The Morgan fingerprint density at radius 3 is 2.71 bits per heavy atom. The van der Waals surface area contributed by atoms with Crippen LogP contribution < -0.4 is 0 Å². The van der Waals surface area contributed by atoms with Crippen molar-refractivity contribution in [3.63, 3.8) is 0 Å². The van der Waals surface area contributed by atoms with Gasteiger partial charge in [0.15, 0.2) is 0 Å². The first kappa shape index (κ1) is 15.0. The molecule has 0 aromatic carbocycles. The number of alkyl halides is 1. The molecule has 1 aromatic heterocycles. The molecule has 0 spiro atoms. The summed E-state index contributed by atoms with van der Waals surface area (Å²) >= 11 is 7.12. The van der Waals surface area contributed by atoms with Crippen molar-refractivity contribution < 1.29 is 8.42 Å². The van der Waals surface area contributed by atoms with Gasteiger partial charge in [-0.05, 0) is 17.9 Å². The third kappa shape index (κ3) is 3.68. The molecule has 0 radical (unpaired) electrons. The molecule has 0 aliphatic rings. The van der Waals surface area contributed by atoms with E-state index in [0.29, 0.717) is 16.3 Å². The molecule has 0 atom stereocenters. The first-order valence-electron chi connectivity index (χ1n) is 5.62. The summed E-state index contributed by atoms with van der Waals surface area (Å²) < 4.78 is 25.9. The predicted octanol–water partition coefficient (Wildman–Crippen LogP) is 3.30. The smallest absolute Gasteiger partial charge is 0.207 e. The molecule has 1 heterocycles. The van der Waals surface area contributed by atoms with E-state index in [9.17, 15) is 8.42 Å². The Hall–Kier alpha value is -0.100. The van der Waals surface area contributed by atoms with Gasteiger partial charge >= 0.3 is 0 Å². The summed E-state index contributed by atoms with van der Waals surface area (Å²) in [6.07, 6.45) is 3.03. The van der Waals surface area contributed by atoms with Gasteiger partial charge < -0.3 is 0 Å². The van der Waals surface area contributed by atoms with Gasteiger partial charge in [0.1, 0.15) is 0 Å². The molecule has 0 bridgehead atoms. The van der Waals surface area contributed by atoms with Crippen LogP contribution in [0.1, 0.15) is 31.1 Å². The zero-order valence-corrected chi connectivity index (χ0v) is 12.5. The lowest BCUT2D eigenvalue weighted by Crippen LogP contribution is -2.28. The molecule has 98 valence electrons. The number of halogens is 1. The van der Waals surface area contributed by atoms with Crippen LogP contribution in [0.5, 0.6) is 0 Å². The summed E-state index contributed by atoms with van der Waals surface area (Å²) in [6, 6.07) is 1.63. The first-order valence-corrected chi connectivity index (χ1v) is 8.48. The highest BCUT2D eigenvalue weighted by molar-refractivity contribution is 7.89. The fourth-order valence-corrected chi connectivity index (χ4v) is 4.41. The summed E-state index contributed by atoms with van der Waals surface area (Å²) in [5.41, 5.74) is 0. The van der Waals surface area contributed by atoms with Crippen molar-refractivity contribution in [1.82, 2.24) is 4.31 Å². The zero-order valence-electron chi connectivity index (χ0n) is 10.1. The van der Waals surface area contributed by atoms with Gasteiger partial charge in [-0.2, -0.15) is 0 Å². The average molecular weight is 296 g/mol. The number of sulfonamides is 1. The predicted molar refractivity (Wildman–Crippen MR) is 73.2 cm³/mol. The Morgan fingerprint density at radius 1 is 1.41 bits per heavy atom. The SMILES string of the molecule is CCCCCN(C)S(=O)(=O)c1ccsc1CCl. The Labute approximate surface area is 112 Å².